The van der Waals surface area contributed by atoms with E-state index >= 15 is 0 Å². The van der Waals surface area contributed by atoms with Crippen molar-refractivity contribution >= 4 is 17.8 Å². The third-order valence-electron chi connectivity index (χ3n) is 4.23. The lowest BCUT2D eigenvalue weighted by molar-refractivity contribution is -0.143. The van der Waals surface area contributed by atoms with Crippen molar-refractivity contribution in [2.75, 3.05) is 0 Å². The SMILES string of the molecule is CC(C)C(C)/C=C\C(C)C(C)C(=O)N[C@@H](CCC(=O)O)C(=O)O. The van der Waals surface area contributed by atoms with Gasteiger partial charge in [0, 0.05) is 12.3 Å². The van der Waals surface area contributed by atoms with Gasteiger partial charge >= 0.3 is 11.9 Å². The number of carboxylic acids is 2. The van der Waals surface area contributed by atoms with Crippen LogP contribution in [0.25, 0.3) is 0 Å². The maximum atomic E-state index is 12.2. The molecule has 0 bridgehead atoms. The molecule has 6 nitrogen and oxygen atoms in total. The maximum absolute atomic E-state index is 12.2. The Morgan fingerprint density at radius 2 is 1.48 bits per heavy atom. The second-order valence-corrected chi connectivity index (χ2v) is 6.47. The second-order valence-electron chi connectivity index (χ2n) is 6.47. The molecule has 3 N–H and O–H groups in total. The number of hydrogen-bond donors (Lipinski definition) is 3. The summed E-state index contributed by atoms with van der Waals surface area (Å²) in [4.78, 5) is 33.8. The highest BCUT2D eigenvalue weighted by atomic mass is 16.4. The highest BCUT2D eigenvalue weighted by molar-refractivity contribution is 5.85. The molecule has 3 unspecified atom stereocenters. The standard InChI is InChI=1S/C17H29NO5/c1-10(2)11(3)6-7-12(4)13(5)16(21)18-14(17(22)23)8-9-15(19)20/h6-7,10-14H,8-9H2,1-5H3,(H,18,21)(H,19,20)(H,22,23)/b7-6-/t11?,12?,13?,14-/m0/s1. The minimum Gasteiger partial charge on any atom is -0.481 e. The van der Waals surface area contributed by atoms with Crippen LogP contribution in [0.5, 0.6) is 0 Å². The first kappa shape index (κ1) is 21.1. The summed E-state index contributed by atoms with van der Waals surface area (Å²) >= 11 is 0. The Labute approximate surface area is 138 Å². The zero-order valence-corrected chi connectivity index (χ0v) is 14.6. The lowest BCUT2D eigenvalue weighted by Gasteiger charge is -2.20. The Balaban J connectivity index is 4.66. The van der Waals surface area contributed by atoms with Crippen LogP contribution < -0.4 is 5.32 Å². The molecule has 0 aliphatic heterocycles. The highest BCUT2D eigenvalue weighted by Crippen LogP contribution is 2.17. The van der Waals surface area contributed by atoms with Gasteiger partial charge in [-0.05, 0) is 24.2 Å². The number of allylic oxidation sites excluding steroid dienone is 2. The van der Waals surface area contributed by atoms with Crippen LogP contribution in [0.1, 0.15) is 47.5 Å². The lowest BCUT2D eigenvalue weighted by atomic mass is 9.90. The molecule has 0 rings (SSSR count). The minimum absolute atomic E-state index is 0.0369. The second kappa shape index (κ2) is 10.0. The molecule has 0 fully saturated rings. The van der Waals surface area contributed by atoms with E-state index in [1.807, 2.05) is 13.0 Å². The molecule has 0 aromatic rings. The molecule has 1 amide bonds. The zero-order valence-electron chi connectivity index (χ0n) is 14.6. The predicted octanol–water partition coefficient (Wildman–Crippen LogP) is 2.54. The van der Waals surface area contributed by atoms with Crippen molar-refractivity contribution < 1.29 is 24.6 Å². The number of carbonyl (C=O) groups excluding carboxylic acids is 1. The fraction of sp³-hybridized carbons (Fsp3) is 0.706. The van der Waals surface area contributed by atoms with Crippen LogP contribution in [-0.2, 0) is 14.4 Å². The predicted molar refractivity (Wildman–Crippen MR) is 87.9 cm³/mol. The van der Waals surface area contributed by atoms with Crippen molar-refractivity contribution in [3.05, 3.63) is 12.2 Å². The Morgan fingerprint density at radius 3 is 1.91 bits per heavy atom. The molecule has 0 spiro atoms. The normalized spacial score (nSPS) is 16.8. The minimum atomic E-state index is -1.22. The van der Waals surface area contributed by atoms with Gasteiger partial charge in [0.25, 0.3) is 0 Å². The van der Waals surface area contributed by atoms with Gasteiger partial charge in [-0.3, -0.25) is 9.59 Å². The van der Waals surface area contributed by atoms with Gasteiger partial charge in [-0.25, -0.2) is 4.79 Å². The molecule has 0 aliphatic rings. The van der Waals surface area contributed by atoms with E-state index < -0.39 is 23.9 Å². The van der Waals surface area contributed by atoms with E-state index in [1.165, 1.54) is 0 Å². The molecule has 23 heavy (non-hydrogen) atoms. The van der Waals surface area contributed by atoms with Gasteiger partial charge in [0.15, 0.2) is 0 Å². The van der Waals surface area contributed by atoms with E-state index in [9.17, 15) is 14.4 Å². The number of carboxylic acid groups (broad SMARTS) is 2. The monoisotopic (exact) mass is 327 g/mol. The van der Waals surface area contributed by atoms with Crippen LogP contribution in [0.15, 0.2) is 12.2 Å². The molecule has 6 heteroatoms. The first-order valence-corrected chi connectivity index (χ1v) is 7.99. The van der Waals surface area contributed by atoms with Crippen LogP contribution in [0, 0.1) is 23.7 Å². The number of hydrogen-bond acceptors (Lipinski definition) is 3. The van der Waals surface area contributed by atoms with Crippen molar-refractivity contribution in [1.82, 2.24) is 5.32 Å². The Bertz CT molecular complexity index is 444. The maximum Gasteiger partial charge on any atom is 0.326 e. The number of nitrogens with one attached hydrogen (secondary N) is 1. The zero-order chi connectivity index (χ0) is 18.2. The van der Waals surface area contributed by atoms with E-state index in [0.717, 1.165) is 0 Å². The largest absolute Gasteiger partial charge is 0.481 e. The fourth-order valence-corrected chi connectivity index (χ4v) is 1.81. The van der Waals surface area contributed by atoms with Crippen LogP contribution in [0.3, 0.4) is 0 Å². The van der Waals surface area contributed by atoms with E-state index in [4.69, 9.17) is 10.2 Å². The van der Waals surface area contributed by atoms with Gasteiger partial charge in [-0.2, -0.15) is 0 Å². The summed E-state index contributed by atoms with van der Waals surface area (Å²) in [7, 11) is 0. The quantitative estimate of drug-likeness (QED) is 0.535. The van der Waals surface area contributed by atoms with E-state index in [2.05, 4.69) is 32.2 Å². The molecule has 0 radical (unpaired) electrons. The summed E-state index contributed by atoms with van der Waals surface area (Å²) in [5, 5.41) is 20.1. The smallest absolute Gasteiger partial charge is 0.326 e. The van der Waals surface area contributed by atoms with Crippen molar-refractivity contribution in [2.24, 2.45) is 23.7 Å². The van der Waals surface area contributed by atoms with Gasteiger partial charge in [0.05, 0.1) is 0 Å². The van der Waals surface area contributed by atoms with Crippen molar-refractivity contribution in [3.63, 3.8) is 0 Å². The van der Waals surface area contributed by atoms with Gasteiger partial charge < -0.3 is 15.5 Å². The molecule has 0 heterocycles. The summed E-state index contributed by atoms with van der Waals surface area (Å²) in [6, 6.07) is -1.17. The number of carbonyl (C=O) groups is 3. The summed E-state index contributed by atoms with van der Waals surface area (Å²) in [5.41, 5.74) is 0. The first-order chi connectivity index (χ1) is 10.6. The van der Waals surface area contributed by atoms with Gasteiger partial charge in [0.1, 0.15) is 6.04 Å². The molecular weight excluding hydrogens is 298 g/mol. The summed E-state index contributed by atoms with van der Waals surface area (Å²) in [6.45, 7) is 9.98. The van der Waals surface area contributed by atoms with Gasteiger partial charge in [-0.1, -0.05) is 46.8 Å². The average Bonchev–Trinajstić information content (AvgIpc) is 2.46. The molecule has 4 atom stereocenters. The Hall–Kier alpha value is -1.85. The van der Waals surface area contributed by atoms with Gasteiger partial charge in [0.2, 0.25) is 5.91 Å². The van der Waals surface area contributed by atoms with Gasteiger partial charge in [-0.15, -0.1) is 0 Å². The van der Waals surface area contributed by atoms with E-state index in [-0.39, 0.29) is 24.7 Å². The molecule has 0 aromatic carbocycles. The van der Waals surface area contributed by atoms with E-state index in [1.54, 1.807) is 6.92 Å². The summed E-state index contributed by atoms with van der Waals surface area (Å²) in [6.07, 6.45) is 3.62. The fourth-order valence-electron chi connectivity index (χ4n) is 1.81. The van der Waals surface area contributed by atoms with Crippen LogP contribution in [0.4, 0.5) is 0 Å². The van der Waals surface area contributed by atoms with E-state index in [0.29, 0.717) is 11.8 Å². The molecule has 0 saturated carbocycles. The van der Waals surface area contributed by atoms with Crippen LogP contribution in [-0.4, -0.2) is 34.1 Å². The topological polar surface area (TPSA) is 104 Å². The molecule has 132 valence electrons. The average molecular weight is 327 g/mol. The first-order valence-electron chi connectivity index (χ1n) is 7.99. The molecular formula is C17H29NO5. The number of aliphatic carboxylic acids is 2. The highest BCUT2D eigenvalue weighted by Gasteiger charge is 2.25. The van der Waals surface area contributed by atoms with Crippen LogP contribution >= 0.6 is 0 Å². The van der Waals surface area contributed by atoms with Crippen LogP contribution in [0.2, 0.25) is 0 Å². The van der Waals surface area contributed by atoms with Crippen molar-refractivity contribution in [2.45, 2.75) is 53.5 Å². The number of amides is 1. The Morgan fingerprint density at radius 1 is 0.957 bits per heavy atom. The molecule has 0 saturated heterocycles. The summed E-state index contributed by atoms with van der Waals surface area (Å²) < 4.78 is 0. The molecule has 0 aliphatic carbocycles. The third kappa shape index (κ3) is 8.38. The summed E-state index contributed by atoms with van der Waals surface area (Å²) in [5.74, 6) is -2.20. The Kier molecular flexibility index (Phi) is 9.22. The third-order valence-corrected chi connectivity index (χ3v) is 4.23. The lowest BCUT2D eigenvalue weighted by Crippen LogP contribution is -2.44. The van der Waals surface area contributed by atoms with Crippen molar-refractivity contribution in [3.8, 4) is 0 Å². The number of rotatable bonds is 10. The molecule has 0 aromatic heterocycles. The van der Waals surface area contributed by atoms with Crippen molar-refractivity contribution in [1.29, 1.82) is 0 Å².